The van der Waals surface area contributed by atoms with Crippen LogP contribution in [0.15, 0.2) is 83.7 Å². The molecule has 0 unspecified atom stereocenters. The van der Waals surface area contributed by atoms with Crippen molar-refractivity contribution in [1.82, 2.24) is 9.97 Å². The third kappa shape index (κ3) is 4.41. The second-order valence-corrected chi connectivity index (χ2v) is 8.19. The van der Waals surface area contributed by atoms with Crippen LogP contribution in [0.1, 0.15) is 34.6 Å². The van der Waals surface area contributed by atoms with Crippen molar-refractivity contribution < 1.29 is 9.53 Å². The predicted molar refractivity (Wildman–Crippen MR) is 127 cm³/mol. The molecule has 0 aliphatic carbocycles. The highest BCUT2D eigenvalue weighted by atomic mass is 16.5. The van der Waals surface area contributed by atoms with Crippen LogP contribution in [0.25, 0.3) is 11.4 Å². The topological polar surface area (TPSA) is 84.1 Å². The van der Waals surface area contributed by atoms with Gasteiger partial charge in [-0.2, -0.15) is 0 Å². The summed E-state index contributed by atoms with van der Waals surface area (Å²) in [5, 5.41) is 2.77. The normalized spacial score (nSPS) is 14.9. The molecule has 3 aromatic carbocycles. The summed E-state index contributed by atoms with van der Waals surface area (Å²) in [7, 11) is 0. The van der Waals surface area contributed by atoms with E-state index in [1.165, 1.54) is 5.56 Å². The third-order valence-electron chi connectivity index (χ3n) is 5.77. The fourth-order valence-corrected chi connectivity index (χ4v) is 4.15. The highest BCUT2D eigenvalue weighted by molar-refractivity contribution is 5.94. The molecule has 2 N–H and O–H groups in total. The van der Waals surface area contributed by atoms with E-state index in [-0.39, 0.29) is 23.8 Å². The Bertz CT molecular complexity index is 1360. The number of nitrogens with one attached hydrogen (secondary N) is 2. The second-order valence-electron chi connectivity index (χ2n) is 8.19. The number of aromatic amines is 1. The Hall–Kier alpha value is -4.19. The van der Waals surface area contributed by atoms with Crippen LogP contribution >= 0.6 is 0 Å². The van der Waals surface area contributed by atoms with E-state index < -0.39 is 0 Å². The summed E-state index contributed by atoms with van der Waals surface area (Å²) in [6.45, 7) is 2.53. The molecule has 0 spiro atoms. The van der Waals surface area contributed by atoms with Gasteiger partial charge in [-0.15, -0.1) is 0 Å². The second kappa shape index (κ2) is 8.74. The zero-order valence-electron chi connectivity index (χ0n) is 18.2. The molecule has 1 aliphatic rings. The molecule has 33 heavy (non-hydrogen) atoms. The summed E-state index contributed by atoms with van der Waals surface area (Å²) in [6.07, 6.45) is 0.186. The van der Waals surface area contributed by atoms with Gasteiger partial charge in [0, 0.05) is 17.9 Å². The molecule has 4 aromatic rings. The van der Waals surface area contributed by atoms with E-state index in [4.69, 9.17) is 4.74 Å². The van der Waals surface area contributed by atoms with Gasteiger partial charge in [0.05, 0.1) is 5.56 Å². The van der Waals surface area contributed by atoms with Crippen LogP contribution in [-0.4, -0.2) is 15.9 Å². The van der Waals surface area contributed by atoms with Crippen LogP contribution in [0.3, 0.4) is 0 Å². The minimum absolute atomic E-state index is 0.163. The molecule has 0 saturated heterocycles. The number of nitrogens with zero attached hydrogens (tertiary/aromatic N) is 1. The number of amides is 1. The summed E-state index contributed by atoms with van der Waals surface area (Å²) in [5.74, 6) is 0.941. The maximum atomic E-state index is 13.0. The van der Waals surface area contributed by atoms with Crippen LogP contribution in [0.5, 0.6) is 5.75 Å². The number of anilines is 1. The molecule has 164 valence electrons. The van der Waals surface area contributed by atoms with Crippen molar-refractivity contribution >= 4 is 11.7 Å². The van der Waals surface area contributed by atoms with E-state index in [0.29, 0.717) is 23.8 Å². The lowest BCUT2D eigenvalue weighted by molar-refractivity contribution is -0.116. The number of aryl methyl sites for hydroxylation is 1. The fraction of sp³-hybridized carbons (Fsp3) is 0.148. The number of carbonyl (C=O) groups is 1. The molecule has 6 heteroatoms. The SMILES string of the molecule is Cc1cccc(COc2ccc([C@H]3CC(=O)Nc4nc(-c5ccccc5)[nH]c(=O)c43)cc2)c1. The molecule has 1 amide bonds. The zero-order valence-corrected chi connectivity index (χ0v) is 18.2. The van der Waals surface area contributed by atoms with Crippen LogP contribution in [-0.2, 0) is 11.4 Å². The Balaban J connectivity index is 1.41. The maximum absolute atomic E-state index is 13.0. The molecule has 6 nitrogen and oxygen atoms in total. The van der Waals surface area contributed by atoms with Gasteiger partial charge in [-0.25, -0.2) is 4.98 Å². The largest absolute Gasteiger partial charge is 0.489 e. The molecular weight excluding hydrogens is 414 g/mol. The monoisotopic (exact) mass is 437 g/mol. The first kappa shape index (κ1) is 20.7. The third-order valence-corrected chi connectivity index (χ3v) is 5.77. The van der Waals surface area contributed by atoms with E-state index in [2.05, 4.69) is 34.3 Å². The Morgan fingerprint density at radius 3 is 2.52 bits per heavy atom. The van der Waals surface area contributed by atoms with E-state index in [1.54, 1.807) is 0 Å². The minimum atomic E-state index is -0.374. The molecular formula is C27H23N3O3. The van der Waals surface area contributed by atoms with Crippen molar-refractivity contribution in [1.29, 1.82) is 0 Å². The summed E-state index contributed by atoms with van der Waals surface area (Å²) in [4.78, 5) is 32.9. The number of benzene rings is 3. The standard InChI is InChI=1S/C27H23N3O3/c1-17-6-5-7-18(14-17)16-33-21-12-10-19(11-13-21)22-15-23(31)28-26-24(22)27(32)30-25(29-26)20-8-3-2-4-9-20/h2-14,22H,15-16H2,1H3,(H2,28,29,30,31,32)/t22-/m1/s1. The summed E-state index contributed by atoms with van der Waals surface area (Å²) in [6, 6.07) is 25.1. The fourth-order valence-electron chi connectivity index (χ4n) is 4.15. The van der Waals surface area contributed by atoms with Crippen LogP contribution in [0.2, 0.25) is 0 Å². The first-order valence-corrected chi connectivity index (χ1v) is 10.8. The number of rotatable bonds is 5. The average molecular weight is 437 g/mol. The predicted octanol–water partition coefficient (Wildman–Crippen LogP) is 4.80. The Morgan fingerprint density at radius 2 is 1.76 bits per heavy atom. The number of carbonyl (C=O) groups excluding carboxylic acids is 1. The lowest BCUT2D eigenvalue weighted by Gasteiger charge is -2.24. The molecule has 2 heterocycles. The number of ether oxygens (including phenoxy) is 1. The molecule has 0 saturated carbocycles. The highest BCUT2D eigenvalue weighted by Crippen LogP contribution is 2.35. The van der Waals surface area contributed by atoms with Gasteiger partial charge in [0.15, 0.2) is 0 Å². The molecule has 0 radical (unpaired) electrons. The van der Waals surface area contributed by atoms with Gasteiger partial charge in [0.2, 0.25) is 5.91 Å². The molecule has 0 fully saturated rings. The van der Waals surface area contributed by atoms with E-state index >= 15 is 0 Å². The number of hydrogen-bond donors (Lipinski definition) is 2. The van der Waals surface area contributed by atoms with Crippen molar-refractivity contribution in [3.05, 3.63) is 111 Å². The Kier molecular flexibility index (Phi) is 5.48. The lowest BCUT2D eigenvalue weighted by atomic mass is 9.87. The molecule has 1 aliphatic heterocycles. The smallest absolute Gasteiger partial charge is 0.257 e. The number of H-pyrrole nitrogens is 1. The Labute approximate surface area is 191 Å². The number of fused-ring (bicyclic) bond motifs is 1. The Morgan fingerprint density at radius 1 is 0.970 bits per heavy atom. The van der Waals surface area contributed by atoms with Gasteiger partial charge < -0.3 is 15.0 Å². The van der Waals surface area contributed by atoms with Crippen molar-refractivity contribution in [3.63, 3.8) is 0 Å². The lowest BCUT2D eigenvalue weighted by Crippen LogP contribution is -2.31. The molecule has 0 bridgehead atoms. The van der Waals surface area contributed by atoms with Crippen LogP contribution in [0, 0.1) is 6.92 Å². The van der Waals surface area contributed by atoms with Crippen LogP contribution < -0.4 is 15.6 Å². The van der Waals surface area contributed by atoms with Gasteiger partial charge in [-0.05, 0) is 30.2 Å². The zero-order chi connectivity index (χ0) is 22.8. The summed E-state index contributed by atoms with van der Waals surface area (Å²) >= 11 is 0. The first-order chi connectivity index (χ1) is 16.1. The van der Waals surface area contributed by atoms with Crippen LogP contribution in [0.4, 0.5) is 5.82 Å². The van der Waals surface area contributed by atoms with E-state index in [1.807, 2.05) is 66.7 Å². The molecule has 1 aromatic heterocycles. The van der Waals surface area contributed by atoms with Crippen molar-refractivity contribution in [2.75, 3.05) is 5.32 Å². The van der Waals surface area contributed by atoms with Gasteiger partial charge in [-0.3, -0.25) is 9.59 Å². The van der Waals surface area contributed by atoms with Crippen molar-refractivity contribution in [2.24, 2.45) is 0 Å². The van der Waals surface area contributed by atoms with Gasteiger partial charge in [0.1, 0.15) is 24.0 Å². The molecule has 5 rings (SSSR count). The van der Waals surface area contributed by atoms with Gasteiger partial charge in [0.25, 0.3) is 5.56 Å². The van der Waals surface area contributed by atoms with E-state index in [9.17, 15) is 9.59 Å². The highest BCUT2D eigenvalue weighted by Gasteiger charge is 2.31. The maximum Gasteiger partial charge on any atom is 0.257 e. The van der Waals surface area contributed by atoms with Gasteiger partial charge >= 0.3 is 0 Å². The van der Waals surface area contributed by atoms with Gasteiger partial charge in [-0.1, -0.05) is 72.3 Å². The van der Waals surface area contributed by atoms with Crippen molar-refractivity contribution in [2.45, 2.75) is 25.9 Å². The molecule has 1 atom stereocenters. The minimum Gasteiger partial charge on any atom is -0.489 e. The average Bonchev–Trinajstić information content (AvgIpc) is 2.83. The van der Waals surface area contributed by atoms with E-state index in [0.717, 1.165) is 22.4 Å². The first-order valence-electron chi connectivity index (χ1n) is 10.8. The quantitative estimate of drug-likeness (QED) is 0.470. The summed E-state index contributed by atoms with van der Waals surface area (Å²) in [5.41, 5.74) is 4.17. The number of aromatic nitrogens is 2. The number of hydrogen-bond acceptors (Lipinski definition) is 4. The van der Waals surface area contributed by atoms with Crippen molar-refractivity contribution in [3.8, 4) is 17.1 Å². The summed E-state index contributed by atoms with van der Waals surface area (Å²) < 4.78 is 5.91.